The van der Waals surface area contributed by atoms with Crippen LogP contribution in [0.2, 0.25) is 0 Å². The van der Waals surface area contributed by atoms with Gasteiger partial charge >= 0.3 is 12.1 Å². The number of anilines is 1. The van der Waals surface area contributed by atoms with E-state index in [4.69, 9.17) is 15.6 Å². The number of ether oxygens (including phenoxy) is 1. The van der Waals surface area contributed by atoms with Crippen molar-refractivity contribution in [2.24, 2.45) is 0 Å². The maximum absolute atomic E-state index is 11.6. The molecule has 1 amide bonds. The third-order valence-electron chi connectivity index (χ3n) is 3.80. The van der Waals surface area contributed by atoms with Gasteiger partial charge in [0, 0.05) is 18.3 Å². The number of aromatic nitrogens is 1. The highest BCUT2D eigenvalue weighted by molar-refractivity contribution is 5.92. The van der Waals surface area contributed by atoms with Crippen LogP contribution in [0.15, 0.2) is 42.6 Å². The molecule has 0 aliphatic carbocycles. The van der Waals surface area contributed by atoms with E-state index in [2.05, 4.69) is 10.3 Å². The Morgan fingerprint density at radius 3 is 2.59 bits per heavy atom. The Balaban J connectivity index is 1.79. The Hall–Kier alpha value is -3.17. The molecule has 0 fully saturated rings. The van der Waals surface area contributed by atoms with Gasteiger partial charge in [0.1, 0.15) is 24.1 Å². The molecule has 2 aromatic rings. The fourth-order valence-corrected chi connectivity index (χ4v) is 2.30. The van der Waals surface area contributed by atoms with E-state index in [1.54, 1.807) is 0 Å². The van der Waals surface area contributed by atoms with Crippen molar-refractivity contribution in [3.63, 3.8) is 0 Å². The predicted octanol–water partition coefficient (Wildman–Crippen LogP) is 1.07. The maximum Gasteiger partial charge on any atom is 0.407 e. The van der Waals surface area contributed by atoms with Crippen LogP contribution in [-0.4, -0.2) is 45.0 Å². The van der Waals surface area contributed by atoms with Crippen LogP contribution >= 0.6 is 0 Å². The van der Waals surface area contributed by atoms with E-state index in [0.29, 0.717) is 0 Å². The Labute approximate surface area is 155 Å². The Bertz CT molecular complexity index is 784. The lowest BCUT2D eigenvalue weighted by molar-refractivity contribution is 0.0134. The molecule has 2 unspecified atom stereocenters. The van der Waals surface area contributed by atoms with E-state index >= 15 is 0 Å². The Morgan fingerprint density at radius 2 is 1.93 bits per heavy atom. The number of aliphatic hydroxyl groups is 2. The molecule has 0 radical (unpaired) electrons. The highest BCUT2D eigenvalue weighted by atomic mass is 16.5. The zero-order valence-electron chi connectivity index (χ0n) is 14.4. The normalized spacial score (nSPS) is 12.8. The van der Waals surface area contributed by atoms with E-state index in [0.717, 1.165) is 11.6 Å². The molecule has 9 heteroatoms. The topological polar surface area (TPSA) is 155 Å². The number of benzene rings is 1. The molecule has 0 bridgehead atoms. The molecule has 144 valence electrons. The van der Waals surface area contributed by atoms with Crippen LogP contribution in [0.5, 0.6) is 0 Å². The number of hydrogen-bond acceptors (Lipinski definition) is 7. The summed E-state index contributed by atoms with van der Waals surface area (Å²) in [5.74, 6) is -1.47. The van der Waals surface area contributed by atoms with Gasteiger partial charge in [-0.05, 0) is 18.1 Å². The van der Waals surface area contributed by atoms with Gasteiger partial charge < -0.3 is 31.1 Å². The van der Waals surface area contributed by atoms with E-state index in [1.807, 2.05) is 30.3 Å². The smallest absolute Gasteiger partial charge is 0.407 e. The first-order chi connectivity index (χ1) is 12.9. The number of nitrogens with zero attached hydrogens (tertiary/aromatic N) is 1. The van der Waals surface area contributed by atoms with Gasteiger partial charge in [0.15, 0.2) is 0 Å². The van der Waals surface area contributed by atoms with Crippen LogP contribution in [0.25, 0.3) is 0 Å². The number of nitrogens with two attached hydrogens (primary N) is 1. The SMILES string of the molecule is Nc1ncc(C(O)C(O)CCNC(=O)OCc2ccccc2)cc1C(=O)O. The lowest BCUT2D eigenvalue weighted by Crippen LogP contribution is -2.30. The van der Waals surface area contributed by atoms with Gasteiger partial charge in [0.2, 0.25) is 0 Å². The van der Waals surface area contributed by atoms with Gasteiger partial charge in [0.25, 0.3) is 0 Å². The number of carbonyl (C=O) groups excluding carboxylic acids is 1. The predicted molar refractivity (Wildman–Crippen MR) is 95.8 cm³/mol. The molecule has 1 aromatic heterocycles. The quantitative estimate of drug-likeness (QED) is 0.459. The Morgan fingerprint density at radius 1 is 1.22 bits per heavy atom. The number of pyridine rings is 1. The molecular formula is C18H21N3O6. The number of rotatable bonds is 8. The number of aromatic carboxylic acids is 1. The second kappa shape index (κ2) is 9.51. The summed E-state index contributed by atoms with van der Waals surface area (Å²) in [5, 5.41) is 31.7. The summed E-state index contributed by atoms with van der Waals surface area (Å²) in [4.78, 5) is 26.4. The molecule has 1 heterocycles. The lowest BCUT2D eigenvalue weighted by atomic mass is 10.0. The van der Waals surface area contributed by atoms with E-state index in [9.17, 15) is 19.8 Å². The molecule has 1 aromatic carbocycles. The number of aliphatic hydroxyl groups excluding tert-OH is 2. The average Bonchev–Trinajstić information content (AvgIpc) is 2.66. The molecule has 0 aliphatic rings. The minimum atomic E-state index is -1.38. The van der Waals surface area contributed by atoms with Crippen LogP contribution in [0.1, 0.15) is 34.0 Å². The summed E-state index contributed by atoms with van der Waals surface area (Å²) in [6.45, 7) is 0.174. The standard InChI is InChI=1S/C18H21N3O6/c19-16-13(17(24)25)8-12(9-21-16)15(23)14(22)6-7-20-18(26)27-10-11-4-2-1-3-5-11/h1-5,8-9,14-15,22-23H,6-7,10H2,(H2,19,21)(H,20,26)(H,24,25). The third kappa shape index (κ3) is 5.94. The van der Waals surface area contributed by atoms with Crippen LogP contribution in [-0.2, 0) is 11.3 Å². The van der Waals surface area contributed by atoms with E-state index in [1.165, 1.54) is 6.20 Å². The van der Waals surface area contributed by atoms with Crippen LogP contribution in [0.3, 0.4) is 0 Å². The summed E-state index contributed by atoms with van der Waals surface area (Å²) in [6, 6.07) is 10.3. The second-order valence-corrected chi connectivity index (χ2v) is 5.80. The highest BCUT2D eigenvalue weighted by Gasteiger charge is 2.21. The number of carbonyl (C=O) groups is 2. The van der Waals surface area contributed by atoms with Crippen molar-refractivity contribution in [2.45, 2.75) is 25.2 Å². The molecule has 0 saturated heterocycles. The second-order valence-electron chi connectivity index (χ2n) is 5.80. The monoisotopic (exact) mass is 375 g/mol. The average molecular weight is 375 g/mol. The van der Waals surface area contributed by atoms with Gasteiger partial charge in [-0.25, -0.2) is 14.6 Å². The van der Waals surface area contributed by atoms with Crippen LogP contribution in [0, 0.1) is 0 Å². The highest BCUT2D eigenvalue weighted by Crippen LogP contribution is 2.21. The minimum Gasteiger partial charge on any atom is -0.478 e. The number of carboxylic acid groups (broad SMARTS) is 1. The molecular weight excluding hydrogens is 354 g/mol. The Kier molecular flexibility index (Phi) is 7.09. The van der Waals surface area contributed by atoms with Crippen molar-refractivity contribution < 1.29 is 29.6 Å². The van der Waals surface area contributed by atoms with Crippen molar-refractivity contribution >= 4 is 17.9 Å². The third-order valence-corrected chi connectivity index (χ3v) is 3.80. The number of nitrogen functional groups attached to an aromatic ring is 1. The fourth-order valence-electron chi connectivity index (χ4n) is 2.30. The van der Waals surface area contributed by atoms with E-state index < -0.39 is 24.3 Å². The molecule has 0 saturated carbocycles. The van der Waals surface area contributed by atoms with Crippen molar-refractivity contribution in [3.8, 4) is 0 Å². The van der Waals surface area contributed by atoms with Crippen LogP contribution < -0.4 is 11.1 Å². The fraction of sp³-hybridized carbons (Fsp3) is 0.278. The molecule has 2 rings (SSSR count). The van der Waals surface area contributed by atoms with Gasteiger partial charge in [-0.1, -0.05) is 30.3 Å². The maximum atomic E-state index is 11.6. The first-order valence-electron chi connectivity index (χ1n) is 8.18. The number of amides is 1. The number of nitrogens with one attached hydrogen (secondary N) is 1. The number of alkyl carbamates (subject to hydrolysis) is 1. The summed E-state index contributed by atoms with van der Waals surface area (Å²) in [5.41, 5.74) is 6.14. The summed E-state index contributed by atoms with van der Waals surface area (Å²) in [6.07, 6.45) is -2.06. The molecule has 2 atom stereocenters. The zero-order valence-corrected chi connectivity index (χ0v) is 14.4. The molecule has 0 spiro atoms. The largest absolute Gasteiger partial charge is 0.478 e. The van der Waals surface area contributed by atoms with Gasteiger partial charge in [-0.2, -0.15) is 0 Å². The van der Waals surface area contributed by atoms with Crippen molar-refractivity contribution in [3.05, 3.63) is 59.3 Å². The number of hydrogen-bond donors (Lipinski definition) is 5. The van der Waals surface area contributed by atoms with Crippen LogP contribution in [0.4, 0.5) is 10.6 Å². The minimum absolute atomic E-state index is 0.0222. The molecule has 6 N–H and O–H groups in total. The first kappa shape index (κ1) is 20.1. The van der Waals surface area contributed by atoms with Crippen molar-refractivity contribution in [1.82, 2.24) is 10.3 Å². The molecule has 9 nitrogen and oxygen atoms in total. The first-order valence-corrected chi connectivity index (χ1v) is 8.18. The van der Waals surface area contributed by atoms with Gasteiger partial charge in [0.05, 0.1) is 6.10 Å². The van der Waals surface area contributed by atoms with Gasteiger partial charge in [-0.3, -0.25) is 0 Å². The zero-order chi connectivity index (χ0) is 19.8. The summed E-state index contributed by atoms with van der Waals surface area (Å²) < 4.78 is 5.03. The van der Waals surface area contributed by atoms with Crippen molar-refractivity contribution in [1.29, 1.82) is 0 Å². The summed E-state index contributed by atoms with van der Waals surface area (Å²) >= 11 is 0. The molecule has 27 heavy (non-hydrogen) atoms. The lowest BCUT2D eigenvalue weighted by Gasteiger charge is -2.18. The van der Waals surface area contributed by atoms with E-state index in [-0.39, 0.29) is 36.5 Å². The van der Waals surface area contributed by atoms with Crippen molar-refractivity contribution in [2.75, 3.05) is 12.3 Å². The summed E-state index contributed by atoms with van der Waals surface area (Å²) in [7, 11) is 0. The molecule has 0 aliphatic heterocycles. The van der Waals surface area contributed by atoms with Gasteiger partial charge in [-0.15, -0.1) is 0 Å². The number of carboxylic acids is 1.